The fraction of sp³-hybridized carbons (Fsp3) is 0.474. The quantitative estimate of drug-likeness (QED) is 0.807. The molecule has 1 aromatic carbocycles. The van der Waals surface area contributed by atoms with Crippen molar-refractivity contribution in [2.75, 3.05) is 37.7 Å². The first-order chi connectivity index (χ1) is 12.2. The van der Waals surface area contributed by atoms with Gasteiger partial charge in [0.25, 0.3) is 0 Å². The van der Waals surface area contributed by atoms with Crippen molar-refractivity contribution in [3.8, 4) is 5.75 Å². The molecule has 6 heteroatoms. The summed E-state index contributed by atoms with van der Waals surface area (Å²) in [4.78, 5) is 16.7. The number of carbonyl (C=O) groups excluding carboxylic acids is 1. The molecule has 1 aliphatic rings. The molecule has 0 aliphatic carbocycles. The summed E-state index contributed by atoms with van der Waals surface area (Å²) in [5.74, 6) is 1.14. The van der Waals surface area contributed by atoms with Crippen LogP contribution >= 0.6 is 0 Å². The normalized spacial score (nSPS) is 14.6. The Balaban J connectivity index is 1.53. The monoisotopic (exact) mass is 342 g/mol. The molecule has 0 unspecified atom stereocenters. The first kappa shape index (κ1) is 17.3. The van der Waals surface area contributed by atoms with E-state index in [0.717, 1.165) is 49.7 Å². The number of amides is 1. The maximum Gasteiger partial charge on any atom is 0.223 e. The second kappa shape index (κ2) is 8.05. The molecule has 134 valence electrons. The number of hydrogen-bond donors (Lipinski definition) is 0. The van der Waals surface area contributed by atoms with Gasteiger partial charge in [-0.15, -0.1) is 0 Å². The van der Waals surface area contributed by atoms with E-state index < -0.39 is 0 Å². The summed E-state index contributed by atoms with van der Waals surface area (Å²) in [6.45, 7) is 5.83. The molecule has 3 rings (SSSR count). The van der Waals surface area contributed by atoms with Crippen molar-refractivity contribution in [3.63, 3.8) is 0 Å². The van der Waals surface area contributed by atoms with Crippen LogP contribution in [0.15, 0.2) is 36.5 Å². The number of benzene rings is 1. The van der Waals surface area contributed by atoms with Gasteiger partial charge in [-0.3, -0.25) is 9.48 Å². The van der Waals surface area contributed by atoms with Gasteiger partial charge in [0.1, 0.15) is 5.75 Å². The second-order valence-electron chi connectivity index (χ2n) is 6.21. The minimum Gasteiger partial charge on any atom is -0.492 e. The molecule has 6 nitrogen and oxygen atoms in total. The smallest absolute Gasteiger partial charge is 0.223 e. The van der Waals surface area contributed by atoms with Gasteiger partial charge in [0.15, 0.2) is 0 Å². The van der Waals surface area contributed by atoms with E-state index in [0.29, 0.717) is 13.0 Å². The van der Waals surface area contributed by atoms with E-state index in [1.807, 2.05) is 47.8 Å². The minimum atomic E-state index is 0.221. The van der Waals surface area contributed by atoms with Crippen LogP contribution in [0.1, 0.15) is 19.0 Å². The molecule has 0 atom stereocenters. The Labute approximate surface area is 149 Å². The van der Waals surface area contributed by atoms with Crippen LogP contribution in [0, 0.1) is 0 Å². The standard InChI is InChI=1S/C19H26N4O2/c1-3-25-18-7-5-4-6-17(18)22-12-14-23(15-13-22)19(24)9-8-16-10-11-20-21(16)2/h4-7,10-11H,3,8-9,12-15H2,1-2H3. The van der Waals surface area contributed by atoms with E-state index in [1.54, 1.807) is 6.20 Å². The van der Waals surface area contributed by atoms with Gasteiger partial charge in [-0.25, -0.2) is 0 Å². The van der Waals surface area contributed by atoms with Gasteiger partial charge in [-0.2, -0.15) is 5.10 Å². The summed E-state index contributed by atoms with van der Waals surface area (Å²) in [6.07, 6.45) is 3.05. The Morgan fingerprint density at radius 2 is 1.92 bits per heavy atom. The van der Waals surface area contributed by atoms with E-state index in [2.05, 4.69) is 16.1 Å². The third kappa shape index (κ3) is 4.13. The molecule has 1 aromatic heterocycles. The molecule has 1 fully saturated rings. The zero-order valence-corrected chi connectivity index (χ0v) is 15.0. The van der Waals surface area contributed by atoms with Gasteiger partial charge in [0.2, 0.25) is 5.91 Å². The maximum absolute atomic E-state index is 12.5. The van der Waals surface area contributed by atoms with Crippen molar-refractivity contribution in [2.45, 2.75) is 19.8 Å². The lowest BCUT2D eigenvalue weighted by molar-refractivity contribution is -0.131. The van der Waals surface area contributed by atoms with Gasteiger partial charge in [0.05, 0.1) is 12.3 Å². The lowest BCUT2D eigenvalue weighted by atomic mass is 10.2. The number of nitrogens with zero attached hydrogens (tertiary/aromatic N) is 4. The summed E-state index contributed by atoms with van der Waals surface area (Å²) in [5.41, 5.74) is 2.21. The van der Waals surface area contributed by atoms with E-state index in [1.165, 1.54) is 0 Å². The van der Waals surface area contributed by atoms with Gasteiger partial charge < -0.3 is 14.5 Å². The zero-order chi connectivity index (χ0) is 17.6. The molecule has 2 heterocycles. The fourth-order valence-electron chi connectivity index (χ4n) is 3.23. The molecule has 0 bridgehead atoms. The highest BCUT2D eigenvalue weighted by Gasteiger charge is 2.22. The van der Waals surface area contributed by atoms with Crippen LogP contribution in [0.3, 0.4) is 0 Å². The fourth-order valence-corrected chi connectivity index (χ4v) is 3.23. The summed E-state index contributed by atoms with van der Waals surface area (Å²) < 4.78 is 7.55. The first-order valence-electron chi connectivity index (χ1n) is 8.90. The topological polar surface area (TPSA) is 50.6 Å². The van der Waals surface area contributed by atoms with Crippen LogP contribution in [-0.2, 0) is 18.3 Å². The molecular formula is C19H26N4O2. The SMILES string of the molecule is CCOc1ccccc1N1CCN(C(=O)CCc2ccnn2C)CC1. The zero-order valence-electron chi connectivity index (χ0n) is 15.0. The number of anilines is 1. The summed E-state index contributed by atoms with van der Waals surface area (Å²) in [7, 11) is 1.91. The summed E-state index contributed by atoms with van der Waals surface area (Å²) >= 11 is 0. The average Bonchev–Trinajstić information content (AvgIpc) is 3.05. The summed E-state index contributed by atoms with van der Waals surface area (Å²) in [5, 5.41) is 4.15. The number of ether oxygens (including phenoxy) is 1. The molecule has 0 radical (unpaired) electrons. The van der Waals surface area contributed by atoms with Crippen LogP contribution in [0.25, 0.3) is 0 Å². The predicted molar refractivity (Wildman–Crippen MR) is 97.9 cm³/mol. The second-order valence-corrected chi connectivity index (χ2v) is 6.21. The largest absolute Gasteiger partial charge is 0.492 e. The summed E-state index contributed by atoms with van der Waals surface area (Å²) in [6, 6.07) is 10.1. The molecule has 0 saturated carbocycles. The molecule has 2 aromatic rings. The lowest BCUT2D eigenvalue weighted by Gasteiger charge is -2.36. The lowest BCUT2D eigenvalue weighted by Crippen LogP contribution is -2.49. The highest BCUT2D eigenvalue weighted by molar-refractivity contribution is 5.76. The Hall–Kier alpha value is -2.50. The number of aryl methyl sites for hydroxylation is 2. The number of rotatable bonds is 6. The minimum absolute atomic E-state index is 0.221. The van der Waals surface area contributed by atoms with Gasteiger partial charge in [-0.05, 0) is 31.5 Å². The highest BCUT2D eigenvalue weighted by Crippen LogP contribution is 2.28. The van der Waals surface area contributed by atoms with Crippen molar-refractivity contribution in [3.05, 3.63) is 42.2 Å². The van der Waals surface area contributed by atoms with Crippen molar-refractivity contribution in [2.24, 2.45) is 7.05 Å². The third-order valence-corrected chi connectivity index (χ3v) is 4.66. The van der Waals surface area contributed by atoms with Gasteiger partial charge >= 0.3 is 0 Å². The molecule has 1 aliphatic heterocycles. The van der Waals surface area contributed by atoms with Crippen molar-refractivity contribution < 1.29 is 9.53 Å². The number of hydrogen-bond acceptors (Lipinski definition) is 4. The number of carbonyl (C=O) groups is 1. The first-order valence-corrected chi connectivity index (χ1v) is 8.90. The average molecular weight is 342 g/mol. The van der Waals surface area contributed by atoms with Crippen LogP contribution in [0.4, 0.5) is 5.69 Å². The molecular weight excluding hydrogens is 316 g/mol. The molecule has 25 heavy (non-hydrogen) atoms. The molecule has 0 spiro atoms. The van der Waals surface area contributed by atoms with E-state index in [-0.39, 0.29) is 5.91 Å². The number of aromatic nitrogens is 2. The Kier molecular flexibility index (Phi) is 5.58. The predicted octanol–water partition coefficient (Wildman–Crippen LogP) is 2.10. The Morgan fingerprint density at radius 1 is 1.16 bits per heavy atom. The van der Waals surface area contributed by atoms with Gasteiger partial charge in [0, 0.05) is 51.5 Å². The Morgan fingerprint density at radius 3 is 2.60 bits per heavy atom. The third-order valence-electron chi connectivity index (χ3n) is 4.66. The number of piperazine rings is 1. The van der Waals surface area contributed by atoms with Crippen LogP contribution < -0.4 is 9.64 Å². The van der Waals surface area contributed by atoms with Crippen LogP contribution in [0.2, 0.25) is 0 Å². The van der Waals surface area contributed by atoms with Crippen molar-refractivity contribution in [1.29, 1.82) is 0 Å². The van der Waals surface area contributed by atoms with E-state index in [9.17, 15) is 4.79 Å². The van der Waals surface area contributed by atoms with Gasteiger partial charge in [-0.1, -0.05) is 12.1 Å². The highest BCUT2D eigenvalue weighted by atomic mass is 16.5. The van der Waals surface area contributed by atoms with Crippen LogP contribution in [0.5, 0.6) is 5.75 Å². The molecule has 1 saturated heterocycles. The Bertz CT molecular complexity index is 705. The van der Waals surface area contributed by atoms with E-state index >= 15 is 0 Å². The number of para-hydroxylation sites is 2. The van der Waals surface area contributed by atoms with Crippen LogP contribution in [-0.4, -0.2) is 53.4 Å². The van der Waals surface area contributed by atoms with Crippen molar-refractivity contribution >= 4 is 11.6 Å². The molecule has 1 amide bonds. The maximum atomic E-state index is 12.5. The van der Waals surface area contributed by atoms with Crippen molar-refractivity contribution in [1.82, 2.24) is 14.7 Å². The molecule has 0 N–H and O–H groups in total. The van der Waals surface area contributed by atoms with E-state index in [4.69, 9.17) is 4.74 Å².